The molecule has 0 atom stereocenters. The third-order valence-corrected chi connectivity index (χ3v) is 3.21. The fraction of sp³-hybridized carbons (Fsp3) is 0.154. The molecule has 0 N–H and O–H groups in total. The van der Waals surface area contributed by atoms with Gasteiger partial charge in [0.1, 0.15) is 11.6 Å². The van der Waals surface area contributed by atoms with Crippen molar-refractivity contribution >= 4 is 17.5 Å². The molecule has 1 aromatic carbocycles. The maximum absolute atomic E-state index is 13.4. The van der Waals surface area contributed by atoms with Crippen molar-refractivity contribution in [2.24, 2.45) is 0 Å². The molecule has 98 valence electrons. The van der Waals surface area contributed by atoms with Gasteiger partial charge in [0.15, 0.2) is 10.9 Å². The number of thioether (sulfide) groups is 1. The smallest absolute Gasteiger partial charge is 0.187 e. The fourth-order valence-corrected chi connectivity index (χ4v) is 2.08. The number of hydrogen-bond donors (Lipinski definition) is 0. The van der Waals surface area contributed by atoms with E-state index < -0.39 is 23.0 Å². The van der Waals surface area contributed by atoms with Crippen molar-refractivity contribution < 1.29 is 13.6 Å². The first kappa shape index (κ1) is 13.6. The molecule has 2 aromatic rings. The van der Waals surface area contributed by atoms with Gasteiger partial charge in [0.05, 0.1) is 11.3 Å². The summed E-state index contributed by atoms with van der Waals surface area (Å²) in [5.74, 6) is -2.43. The van der Waals surface area contributed by atoms with Crippen LogP contribution in [0.3, 0.4) is 0 Å². The molecule has 3 nitrogen and oxygen atoms in total. The average molecular weight is 280 g/mol. The normalized spacial score (nSPS) is 10.5. The van der Waals surface area contributed by atoms with E-state index in [9.17, 15) is 13.6 Å². The Hall–Kier alpha value is -1.82. The third-order valence-electron chi connectivity index (χ3n) is 2.33. The molecule has 0 aliphatic rings. The Bertz CT molecular complexity index is 582. The van der Waals surface area contributed by atoms with Crippen LogP contribution in [0.15, 0.2) is 35.7 Å². The second kappa shape index (κ2) is 5.88. The van der Waals surface area contributed by atoms with Crippen molar-refractivity contribution in [3.8, 4) is 0 Å². The van der Waals surface area contributed by atoms with Crippen molar-refractivity contribution in [3.63, 3.8) is 0 Å². The number of Topliss-reactive ketones (excluding diaryl/α,β-unsaturated/α-hetero) is 1. The fourth-order valence-electron chi connectivity index (χ4n) is 1.42. The molecular formula is C13H10F2N2OS. The molecular weight excluding hydrogens is 270 g/mol. The summed E-state index contributed by atoms with van der Waals surface area (Å²) in [5, 5.41) is 0.399. The van der Waals surface area contributed by atoms with Gasteiger partial charge in [-0.25, -0.2) is 18.7 Å². The lowest BCUT2D eigenvalue weighted by atomic mass is 10.1. The van der Waals surface area contributed by atoms with E-state index >= 15 is 0 Å². The molecule has 0 aliphatic heterocycles. The maximum Gasteiger partial charge on any atom is 0.187 e. The Morgan fingerprint density at radius 1 is 1.21 bits per heavy atom. The van der Waals surface area contributed by atoms with E-state index in [1.54, 1.807) is 12.4 Å². The molecule has 0 saturated heterocycles. The van der Waals surface area contributed by atoms with Crippen LogP contribution in [0.4, 0.5) is 8.78 Å². The highest BCUT2D eigenvalue weighted by Crippen LogP contribution is 2.18. The van der Waals surface area contributed by atoms with Crippen LogP contribution in [0.25, 0.3) is 0 Å². The average Bonchev–Trinajstić information content (AvgIpc) is 2.38. The summed E-state index contributed by atoms with van der Waals surface area (Å²) in [6.07, 6.45) is 3.23. The molecule has 1 aromatic heterocycles. The van der Waals surface area contributed by atoms with Gasteiger partial charge >= 0.3 is 0 Å². The van der Waals surface area contributed by atoms with E-state index in [-0.39, 0.29) is 5.75 Å². The van der Waals surface area contributed by atoms with Crippen LogP contribution in [0.5, 0.6) is 0 Å². The van der Waals surface area contributed by atoms with Gasteiger partial charge in [-0.3, -0.25) is 4.79 Å². The van der Waals surface area contributed by atoms with Gasteiger partial charge in [-0.1, -0.05) is 17.8 Å². The summed E-state index contributed by atoms with van der Waals surface area (Å²) in [4.78, 5) is 19.8. The van der Waals surface area contributed by atoms with E-state index in [1.807, 2.05) is 6.92 Å². The first-order valence-electron chi connectivity index (χ1n) is 5.46. The van der Waals surface area contributed by atoms with Crippen molar-refractivity contribution in [1.29, 1.82) is 0 Å². The molecule has 6 heteroatoms. The summed E-state index contributed by atoms with van der Waals surface area (Å²) in [6, 6.07) is 3.34. The molecule has 0 saturated carbocycles. The van der Waals surface area contributed by atoms with Crippen LogP contribution in [-0.4, -0.2) is 21.5 Å². The molecule has 2 rings (SSSR count). The second-order valence-corrected chi connectivity index (χ2v) is 4.79. The number of carbonyl (C=O) groups is 1. The zero-order valence-corrected chi connectivity index (χ0v) is 10.9. The summed E-state index contributed by atoms with van der Waals surface area (Å²) in [6.45, 7) is 1.84. The Labute approximate surface area is 113 Å². The van der Waals surface area contributed by atoms with Gasteiger partial charge in [-0.15, -0.1) is 0 Å². The first-order chi connectivity index (χ1) is 9.08. The summed E-state index contributed by atoms with van der Waals surface area (Å²) >= 11 is 1.04. The number of hydrogen-bond acceptors (Lipinski definition) is 4. The SMILES string of the molecule is Cc1cnc(SCC(=O)c2c(F)cccc2F)nc1. The highest BCUT2D eigenvalue weighted by atomic mass is 32.2. The number of aromatic nitrogens is 2. The molecule has 0 radical (unpaired) electrons. The van der Waals surface area contributed by atoms with Gasteiger partial charge in [0.2, 0.25) is 0 Å². The topological polar surface area (TPSA) is 42.9 Å². The number of ketones is 1. The molecule has 19 heavy (non-hydrogen) atoms. The van der Waals surface area contributed by atoms with Crippen LogP contribution >= 0.6 is 11.8 Å². The number of aryl methyl sites for hydroxylation is 1. The summed E-state index contributed by atoms with van der Waals surface area (Å²) in [7, 11) is 0. The van der Waals surface area contributed by atoms with Crippen LogP contribution in [0.1, 0.15) is 15.9 Å². The number of rotatable bonds is 4. The Balaban J connectivity index is 2.07. The zero-order valence-electron chi connectivity index (χ0n) is 10.1. The predicted molar refractivity (Wildman–Crippen MR) is 68.2 cm³/mol. The highest BCUT2D eigenvalue weighted by Gasteiger charge is 2.17. The lowest BCUT2D eigenvalue weighted by Crippen LogP contribution is -2.08. The zero-order chi connectivity index (χ0) is 13.8. The van der Waals surface area contributed by atoms with Crippen molar-refractivity contribution in [3.05, 3.63) is 53.4 Å². The van der Waals surface area contributed by atoms with Crippen molar-refractivity contribution in [2.45, 2.75) is 12.1 Å². The van der Waals surface area contributed by atoms with E-state index in [0.29, 0.717) is 5.16 Å². The number of benzene rings is 1. The van der Waals surface area contributed by atoms with E-state index in [0.717, 1.165) is 29.5 Å². The van der Waals surface area contributed by atoms with Gasteiger partial charge in [-0.2, -0.15) is 0 Å². The molecule has 0 bridgehead atoms. The van der Waals surface area contributed by atoms with Gasteiger partial charge in [0, 0.05) is 12.4 Å². The molecule has 1 heterocycles. The Morgan fingerprint density at radius 3 is 2.37 bits per heavy atom. The number of nitrogens with zero attached hydrogens (tertiary/aromatic N) is 2. The molecule has 0 amide bonds. The number of carbonyl (C=O) groups excluding carboxylic acids is 1. The first-order valence-corrected chi connectivity index (χ1v) is 6.45. The Kier molecular flexibility index (Phi) is 4.21. The Morgan fingerprint density at radius 2 is 1.79 bits per heavy atom. The minimum atomic E-state index is -0.851. The lowest BCUT2D eigenvalue weighted by Gasteiger charge is -2.03. The van der Waals surface area contributed by atoms with E-state index in [1.165, 1.54) is 6.07 Å². The van der Waals surface area contributed by atoms with Gasteiger partial charge < -0.3 is 0 Å². The quantitative estimate of drug-likeness (QED) is 0.490. The molecule has 0 aliphatic carbocycles. The maximum atomic E-state index is 13.4. The molecule has 0 spiro atoms. The van der Waals surface area contributed by atoms with Crippen LogP contribution in [0, 0.1) is 18.6 Å². The lowest BCUT2D eigenvalue weighted by molar-refractivity contribution is 0.101. The molecule has 0 unspecified atom stereocenters. The van der Waals surface area contributed by atoms with E-state index in [2.05, 4.69) is 9.97 Å². The van der Waals surface area contributed by atoms with Gasteiger partial charge in [0.25, 0.3) is 0 Å². The minimum absolute atomic E-state index is 0.110. The van der Waals surface area contributed by atoms with Crippen molar-refractivity contribution in [2.75, 3.05) is 5.75 Å². The minimum Gasteiger partial charge on any atom is -0.293 e. The number of halogens is 2. The van der Waals surface area contributed by atoms with Crippen molar-refractivity contribution in [1.82, 2.24) is 9.97 Å². The predicted octanol–water partition coefficient (Wildman–Crippen LogP) is 3.04. The van der Waals surface area contributed by atoms with Crippen LogP contribution < -0.4 is 0 Å². The van der Waals surface area contributed by atoms with Gasteiger partial charge in [-0.05, 0) is 24.6 Å². The molecule has 0 fully saturated rings. The standard InChI is InChI=1S/C13H10F2N2OS/c1-8-5-16-13(17-6-8)19-7-11(18)12-9(14)3-2-4-10(12)15/h2-6H,7H2,1H3. The monoisotopic (exact) mass is 280 g/mol. The largest absolute Gasteiger partial charge is 0.293 e. The summed E-state index contributed by atoms with van der Waals surface area (Å²) < 4.78 is 26.8. The van der Waals surface area contributed by atoms with Crippen LogP contribution in [0.2, 0.25) is 0 Å². The summed E-state index contributed by atoms with van der Waals surface area (Å²) in [5.41, 5.74) is 0.387. The van der Waals surface area contributed by atoms with E-state index in [4.69, 9.17) is 0 Å². The highest BCUT2D eigenvalue weighted by molar-refractivity contribution is 7.99. The second-order valence-electron chi connectivity index (χ2n) is 3.85. The third kappa shape index (κ3) is 3.35. The van der Waals surface area contributed by atoms with Crippen LogP contribution in [-0.2, 0) is 0 Å².